The summed E-state index contributed by atoms with van der Waals surface area (Å²) in [5.74, 6) is -0.449. The quantitative estimate of drug-likeness (QED) is 0.902. The third kappa shape index (κ3) is 3.08. The first-order valence-electron chi connectivity index (χ1n) is 8.97. The number of hydrogen-bond donors (Lipinski definition) is 2. The fourth-order valence-electron chi connectivity index (χ4n) is 4.57. The number of nitrogens with zero attached hydrogens (tertiary/aromatic N) is 1. The maximum absolute atomic E-state index is 11.5. The molecular formula is C21H24N2O2. The summed E-state index contributed by atoms with van der Waals surface area (Å²) in [4.78, 5) is 14.0. The summed E-state index contributed by atoms with van der Waals surface area (Å²) in [6.45, 7) is 0.938. The van der Waals surface area contributed by atoms with Crippen LogP contribution < -0.4 is 5.73 Å². The molecule has 2 heterocycles. The zero-order valence-electron chi connectivity index (χ0n) is 14.3. The molecule has 2 aliphatic heterocycles. The number of nitrogens with two attached hydrogens (primary N) is 1. The van der Waals surface area contributed by atoms with Gasteiger partial charge in [0, 0.05) is 24.2 Å². The molecule has 130 valence electrons. The summed E-state index contributed by atoms with van der Waals surface area (Å²) in [7, 11) is 0. The second kappa shape index (κ2) is 6.28. The van der Waals surface area contributed by atoms with Crippen LogP contribution in [-0.2, 0) is 12.1 Å². The van der Waals surface area contributed by atoms with Gasteiger partial charge in [0.15, 0.2) is 0 Å². The summed E-state index contributed by atoms with van der Waals surface area (Å²) < 4.78 is 0. The number of rotatable bonds is 4. The van der Waals surface area contributed by atoms with E-state index < -0.39 is 11.5 Å². The first kappa shape index (κ1) is 16.3. The first-order valence-corrected chi connectivity index (χ1v) is 8.97. The summed E-state index contributed by atoms with van der Waals surface area (Å²) >= 11 is 0. The molecule has 0 saturated carbocycles. The standard InChI is InChI=1S/C21H24N2O2/c22-20(24)16-7-4-8-17(11-16)21(25)12-18-9-10-19(13-21)23(18)14-15-5-2-1-3-6-15/h1-8,11,18-19,25H,9-10,12-14H2,(H2,22,24). The minimum atomic E-state index is -0.871. The molecule has 2 atom stereocenters. The Hall–Kier alpha value is -2.17. The number of benzene rings is 2. The molecule has 2 aliphatic rings. The summed E-state index contributed by atoms with van der Waals surface area (Å²) in [6.07, 6.45) is 3.65. The maximum Gasteiger partial charge on any atom is 0.248 e. The van der Waals surface area contributed by atoms with Gasteiger partial charge in [-0.2, -0.15) is 0 Å². The molecule has 4 nitrogen and oxygen atoms in total. The minimum absolute atomic E-state index is 0.376. The van der Waals surface area contributed by atoms with Crippen LogP contribution in [0.4, 0.5) is 0 Å². The highest BCUT2D eigenvalue weighted by Crippen LogP contribution is 2.46. The number of aliphatic hydroxyl groups is 1. The van der Waals surface area contributed by atoms with Crippen molar-refractivity contribution in [1.29, 1.82) is 0 Å². The SMILES string of the molecule is NC(=O)c1cccc(C2(O)CC3CCC(C2)N3Cc2ccccc2)c1. The molecule has 0 spiro atoms. The lowest BCUT2D eigenvalue weighted by Crippen LogP contribution is -2.49. The first-order chi connectivity index (χ1) is 12.0. The van der Waals surface area contributed by atoms with Crippen LogP contribution in [0.2, 0.25) is 0 Å². The van der Waals surface area contributed by atoms with E-state index in [1.165, 1.54) is 5.56 Å². The molecular weight excluding hydrogens is 312 g/mol. The second-order valence-electron chi connectivity index (χ2n) is 7.43. The van der Waals surface area contributed by atoms with Gasteiger partial charge in [-0.1, -0.05) is 42.5 Å². The van der Waals surface area contributed by atoms with E-state index in [9.17, 15) is 9.90 Å². The van der Waals surface area contributed by atoms with Gasteiger partial charge in [0.25, 0.3) is 0 Å². The number of amides is 1. The van der Waals surface area contributed by atoms with Gasteiger partial charge in [-0.05, 0) is 48.9 Å². The van der Waals surface area contributed by atoms with E-state index in [4.69, 9.17) is 5.73 Å². The van der Waals surface area contributed by atoms with Crippen molar-refractivity contribution in [3.8, 4) is 0 Å². The Morgan fingerprint density at radius 1 is 1.08 bits per heavy atom. The van der Waals surface area contributed by atoms with Crippen LogP contribution in [0.15, 0.2) is 54.6 Å². The number of carbonyl (C=O) groups excluding carboxylic acids is 1. The highest BCUT2D eigenvalue weighted by Gasteiger charge is 2.48. The molecule has 2 aromatic rings. The van der Waals surface area contributed by atoms with Crippen molar-refractivity contribution >= 4 is 5.91 Å². The van der Waals surface area contributed by atoms with E-state index in [2.05, 4.69) is 29.2 Å². The summed E-state index contributed by atoms with van der Waals surface area (Å²) in [5.41, 5.74) is 7.13. The Bertz CT molecular complexity index is 760. The number of fused-ring (bicyclic) bond motifs is 2. The van der Waals surface area contributed by atoms with Crippen molar-refractivity contribution in [2.24, 2.45) is 5.73 Å². The van der Waals surface area contributed by atoms with Crippen molar-refractivity contribution in [3.05, 3.63) is 71.3 Å². The highest BCUT2D eigenvalue weighted by atomic mass is 16.3. The van der Waals surface area contributed by atoms with Crippen molar-refractivity contribution in [1.82, 2.24) is 4.90 Å². The molecule has 2 bridgehead atoms. The predicted octanol–water partition coefficient (Wildman–Crippen LogP) is 2.80. The van der Waals surface area contributed by atoms with Crippen LogP contribution in [0.3, 0.4) is 0 Å². The number of hydrogen-bond acceptors (Lipinski definition) is 3. The smallest absolute Gasteiger partial charge is 0.248 e. The molecule has 25 heavy (non-hydrogen) atoms. The average molecular weight is 336 g/mol. The van der Waals surface area contributed by atoms with E-state index >= 15 is 0 Å². The fourth-order valence-corrected chi connectivity index (χ4v) is 4.57. The molecule has 0 aromatic heterocycles. The van der Waals surface area contributed by atoms with Gasteiger partial charge < -0.3 is 10.8 Å². The molecule has 1 amide bonds. The van der Waals surface area contributed by atoms with E-state index in [0.717, 1.165) is 24.9 Å². The molecule has 0 radical (unpaired) electrons. The van der Waals surface area contributed by atoms with Crippen LogP contribution in [0, 0.1) is 0 Å². The zero-order chi connectivity index (χ0) is 17.4. The van der Waals surface area contributed by atoms with Crippen LogP contribution in [0.5, 0.6) is 0 Å². The zero-order valence-corrected chi connectivity index (χ0v) is 14.3. The Morgan fingerprint density at radius 3 is 2.40 bits per heavy atom. The minimum Gasteiger partial charge on any atom is -0.385 e. The largest absolute Gasteiger partial charge is 0.385 e. The lowest BCUT2D eigenvalue weighted by atomic mass is 9.80. The van der Waals surface area contributed by atoms with E-state index in [1.807, 2.05) is 18.2 Å². The molecule has 4 heteroatoms. The number of carbonyl (C=O) groups is 1. The summed E-state index contributed by atoms with van der Waals surface area (Å²) in [6, 6.07) is 18.5. The lowest BCUT2D eigenvalue weighted by molar-refractivity contribution is -0.0595. The third-order valence-corrected chi connectivity index (χ3v) is 5.81. The molecule has 2 aromatic carbocycles. The van der Waals surface area contributed by atoms with Gasteiger partial charge >= 0.3 is 0 Å². The van der Waals surface area contributed by atoms with Crippen molar-refractivity contribution in [3.63, 3.8) is 0 Å². The normalized spacial score (nSPS) is 28.8. The van der Waals surface area contributed by atoms with Crippen molar-refractivity contribution < 1.29 is 9.90 Å². The molecule has 0 aliphatic carbocycles. The Morgan fingerprint density at radius 2 is 1.76 bits per heavy atom. The Balaban J connectivity index is 1.56. The van der Waals surface area contributed by atoms with Gasteiger partial charge in [-0.3, -0.25) is 9.69 Å². The molecule has 3 N–H and O–H groups in total. The van der Waals surface area contributed by atoms with Crippen molar-refractivity contribution in [2.45, 2.75) is 49.9 Å². The van der Waals surface area contributed by atoms with E-state index in [-0.39, 0.29) is 0 Å². The van der Waals surface area contributed by atoms with Gasteiger partial charge in [0.2, 0.25) is 5.91 Å². The van der Waals surface area contributed by atoms with Crippen LogP contribution in [0.25, 0.3) is 0 Å². The molecule has 2 unspecified atom stereocenters. The predicted molar refractivity (Wildman–Crippen MR) is 96.9 cm³/mol. The highest BCUT2D eigenvalue weighted by molar-refractivity contribution is 5.92. The van der Waals surface area contributed by atoms with E-state index in [0.29, 0.717) is 30.5 Å². The van der Waals surface area contributed by atoms with Crippen LogP contribution in [-0.4, -0.2) is 28.0 Å². The Kier molecular flexibility index (Phi) is 4.10. The van der Waals surface area contributed by atoms with Crippen LogP contribution >= 0.6 is 0 Å². The van der Waals surface area contributed by atoms with Gasteiger partial charge in [-0.15, -0.1) is 0 Å². The van der Waals surface area contributed by atoms with E-state index in [1.54, 1.807) is 12.1 Å². The topological polar surface area (TPSA) is 66.6 Å². The molecule has 2 fully saturated rings. The third-order valence-electron chi connectivity index (χ3n) is 5.81. The van der Waals surface area contributed by atoms with Gasteiger partial charge in [0.05, 0.1) is 5.60 Å². The molecule has 2 saturated heterocycles. The van der Waals surface area contributed by atoms with Crippen LogP contribution in [0.1, 0.15) is 47.2 Å². The van der Waals surface area contributed by atoms with Gasteiger partial charge in [0.1, 0.15) is 0 Å². The second-order valence-corrected chi connectivity index (χ2v) is 7.43. The monoisotopic (exact) mass is 336 g/mol. The summed E-state index contributed by atoms with van der Waals surface area (Å²) in [5, 5.41) is 11.3. The van der Waals surface area contributed by atoms with Gasteiger partial charge in [-0.25, -0.2) is 0 Å². The maximum atomic E-state index is 11.5. The lowest BCUT2D eigenvalue weighted by Gasteiger charge is -2.44. The number of primary amides is 1. The van der Waals surface area contributed by atoms with Crippen molar-refractivity contribution in [2.75, 3.05) is 0 Å². The fraction of sp³-hybridized carbons (Fsp3) is 0.381. The average Bonchev–Trinajstić information content (AvgIpc) is 2.87. The Labute approximate surface area is 148 Å². The molecule has 4 rings (SSSR count). The number of piperidine rings is 1.